The van der Waals surface area contributed by atoms with E-state index in [0.29, 0.717) is 41.4 Å². The molecule has 0 radical (unpaired) electrons. The minimum atomic E-state index is -0.500. The molecule has 1 fully saturated rings. The van der Waals surface area contributed by atoms with E-state index in [9.17, 15) is 8.78 Å². The maximum absolute atomic E-state index is 13.8. The fraction of sp³-hybridized carbons (Fsp3) is 0.263. The standard InChI is InChI=1S/C19H15ClF2N2O2/c1-10-2-3-12(9-15(10)21)18-23-19(26-24-18)13-6-7-25-17(13)11-4-5-14(20)16(22)8-11/h2-5,8-9,13,17H,6-7H2,1H3/t13-,17-/m1/s1. The molecule has 7 heteroatoms. The van der Waals surface area contributed by atoms with E-state index in [1.54, 1.807) is 25.1 Å². The van der Waals surface area contributed by atoms with Gasteiger partial charge in [0.25, 0.3) is 0 Å². The Balaban J connectivity index is 1.63. The van der Waals surface area contributed by atoms with Crippen LogP contribution in [0.5, 0.6) is 0 Å². The molecule has 134 valence electrons. The van der Waals surface area contributed by atoms with Crippen LogP contribution in [0.15, 0.2) is 40.9 Å². The second-order valence-electron chi connectivity index (χ2n) is 6.28. The highest BCUT2D eigenvalue weighted by atomic mass is 35.5. The number of ether oxygens (including phenoxy) is 1. The predicted molar refractivity (Wildman–Crippen MR) is 91.9 cm³/mol. The Bertz CT molecular complexity index is 960. The van der Waals surface area contributed by atoms with E-state index in [0.717, 1.165) is 0 Å². The van der Waals surface area contributed by atoms with Gasteiger partial charge in [0.2, 0.25) is 11.7 Å². The quantitative estimate of drug-likeness (QED) is 0.628. The van der Waals surface area contributed by atoms with Crippen molar-refractivity contribution >= 4 is 11.6 Å². The van der Waals surface area contributed by atoms with Gasteiger partial charge in [0, 0.05) is 12.2 Å². The molecule has 4 rings (SSSR count). The van der Waals surface area contributed by atoms with Crippen molar-refractivity contribution in [2.75, 3.05) is 6.61 Å². The van der Waals surface area contributed by atoms with Gasteiger partial charge in [-0.05, 0) is 42.7 Å². The first kappa shape index (κ1) is 17.1. The van der Waals surface area contributed by atoms with Gasteiger partial charge in [0.1, 0.15) is 11.6 Å². The normalized spacial score (nSPS) is 19.8. The van der Waals surface area contributed by atoms with Crippen LogP contribution in [0.3, 0.4) is 0 Å². The summed E-state index contributed by atoms with van der Waals surface area (Å²) in [5, 5.41) is 4.02. The first-order valence-electron chi connectivity index (χ1n) is 8.19. The third kappa shape index (κ3) is 3.10. The summed E-state index contributed by atoms with van der Waals surface area (Å²) in [5.41, 5.74) is 1.75. The predicted octanol–water partition coefficient (Wildman–Crippen LogP) is 5.22. The van der Waals surface area contributed by atoms with Crippen molar-refractivity contribution in [3.63, 3.8) is 0 Å². The molecule has 4 nitrogen and oxygen atoms in total. The van der Waals surface area contributed by atoms with Gasteiger partial charge in [-0.3, -0.25) is 0 Å². The number of aromatic nitrogens is 2. The summed E-state index contributed by atoms with van der Waals surface area (Å²) in [6.07, 6.45) is 0.267. The van der Waals surface area contributed by atoms with Crippen molar-refractivity contribution in [1.82, 2.24) is 10.1 Å². The van der Waals surface area contributed by atoms with Crippen LogP contribution in [0.4, 0.5) is 8.78 Å². The van der Waals surface area contributed by atoms with Crippen LogP contribution >= 0.6 is 11.6 Å². The Morgan fingerprint density at radius 3 is 2.73 bits per heavy atom. The molecule has 26 heavy (non-hydrogen) atoms. The van der Waals surface area contributed by atoms with Crippen LogP contribution in [0.2, 0.25) is 5.02 Å². The van der Waals surface area contributed by atoms with Gasteiger partial charge >= 0.3 is 0 Å². The van der Waals surface area contributed by atoms with Gasteiger partial charge in [-0.1, -0.05) is 35.0 Å². The molecule has 1 aliphatic rings. The Labute approximate surface area is 153 Å². The minimum absolute atomic E-state index is 0.0600. The lowest BCUT2D eigenvalue weighted by Crippen LogP contribution is -2.07. The lowest BCUT2D eigenvalue weighted by atomic mass is 9.95. The maximum Gasteiger partial charge on any atom is 0.233 e. The van der Waals surface area contributed by atoms with E-state index in [-0.39, 0.29) is 16.8 Å². The Morgan fingerprint density at radius 2 is 1.96 bits per heavy atom. The number of benzene rings is 2. The van der Waals surface area contributed by atoms with E-state index >= 15 is 0 Å². The molecule has 1 saturated heterocycles. The van der Waals surface area contributed by atoms with Gasteiger partial charge in [-0.25, -0.2) is 8.78 Å². The van der Waals surface area contributed by atoms with Gasteiger partial charge in [-0.2, -0.15) is 4.98 Å². The lowest BCUT2D eigenvalue weighted by Gasteiger charge is -2.16. The summed E-state index contributed by atoms with van der Waals surface area (Å²) in [5.74, 6) is -0.329. The number of hydrogen-bond donors (Lipinski definition) is 0. The molecule has 0 spiro atoms. The number of hydrogen-bond acceptors (Lipinski definition) is 4. The highest BCUT2D eigenvalue weighted by molar-refractivity contribution is 6.30. The molecule has 2 atom stereocenters. The minimum Gasteiger partial charge on any atom is -0.373 e. The average Bonchev–Trinajstić information content (AvgIpc) is 3.28. The van der Waals surface area contributed by atoms with Crippen molar-refractivity contribution in [3.05, 3.63) is 70.1 Å². The molecular weight excluding hydrogens is 362 g/mol. The van der Waals surface area contributed by atoms with Crippen molar-refractivity contribution in [1.29, 1.82) is 0 Å². The number of aryl methyl sites for hydroxylation is 1. The zero-order chi connectivity index (χ0) is 18.3. The fourth-order valence-electron chi connectivity index (χ4n) is 3.10. The molecule has 1 aromatic heterocycles. The van der Waals surface area contributed by atoms with E-state index in [2.05, 4.69) is 10.1 Å². The van der Waals surface area contributed by atoms with Crippen LogP contribution in [0, 0.1) is 18.6 Å². The van der Waals surface area contributed by atoms with Crippen LogP contribution in [-0.2, 0) is 4.74 Å². The van der Waals surface area contributed by atoms with Crippen LogP contribution < -0.4 is 0 Å². The zero-order valence-corrected chi connectivity index (χ0v) is 14.6. The summed E-state index contributed by atoms with van der Waals surface area (Å²) in [6, 6.07) is 9.36. The van der Waals surface area contributed by atoms with Crippen molar-refractivity contribution in [2.45, 2.75) is 25.4 Å². The van der Waals surface area contributed by atoms with E-state index < -0.39 is 11.9 Å². The Kier molecular flexibility index (Phi) is 4.46. The number of nitrogens with zero attached hydrogens (tertiary/aromatic N) is 2. The molecule has 0 unspecified atom stereocenters. The second kappa shape index (κ2) is 6.78. The number of halogens is 3. The van der Waals surface area contributed by atoms with E-state index in [1.807, 2.05) is 0 Å². The van der Waals surface area contributed by atoms with Crippen molar-refractivity contribution in [2.24, 2.45) is 0 Å². The highest BCUT2D eigenvalue weighted by Gasteiger charge is 2.35. The molecule has 3 aromatic rings. The van der Waals surface area contributed by atoms with Crippen LogP contribution in [0.1, 0.15) is 35.5 Å². The lowest BCUT2D eigenvalue weighted by molar-refractivity contribution is 0.0984. The molecule has 0 aliphatic carbocycles. The molecule has 0 amide bonds. The SMILES string of the molecule is Cc1ccc(-c2noc([C@@H]3CCO[C@@H]3c3ccc(Cl)c(F)c3)n2)cc1F. The molecule has 2 heterocycles. The maximum atomic E-state index is 13.8. The van der Waals surface area contributed by atoms with Crippen molar-refractivity contribution in [3.8, 4) is 11.4 Å². The number of rotatable bonds is 3. The Morgan fingerprint density at radius 1 is 1.12 bits per heavy atom. The third-order valence-electron chi connectivity index (χ3n) is 4.55. The molecule has 0 N–H and O–H groups in total. The van der Waals surface area contributed by atoms with E-state index in [4.69, 9.17) is 20.9 Å². The summed E-state index contributed by atoms with van der Waals surface area (Å²) in [4.78, 5) is 4.40. The second-order valence-corrected chi connectivity index (χ2v) is 6.69. The zero-order valence-electron chi connectivity index (χ0n) is 13.9. The van der Waals surface area contributed by atoms with Crippen LogP contribution in [0.25, 0.3) is 11.4 Å². The Hall–Kier alpha value is -2.31. The summed E-state index contributed by atoms with van der Waals surface area (Å²) < 4.78 is 38.7. The van der Waals surface area contributed by atoms with Crippen LogP contribution in [-0.4, -0.2) is 16.7 Å². The van der Waals surface area contributed by atoms with Crippen molar-refractivity contribution < 1.29 is 18.0 Å². The smallest absolute Gasteiger partial charge is 0.233 e. The molecule has 1 aliphatic heterocycles. The summed E-state index contributed by atoms with van der Waals surface area (Å²) in [6.45, 7) is 2.18. The van der Waals surface area contributed by atoms with Gasteiger partial charge in [0.15, 0.2) is 0 Å². The molecule has 0 saturated carbocycles. The molecule has 0 bridgehead atoms. The average molecular weight is 377 g/mol. The fourth-order valence-corrected chi connectivity index (χ4v) is 3.21. The van der Waals surface area contributed by atoms with Gasteiger partial charge < -0.3 is 9.26 Å². The first-order valence-corrected chi connectivity index (χ1v) is 8.57. The first-order chi connectivity index (χ1) is 12.5. The molecule has 2 aromatic carbocycles. The van der Waals surface area contributed by atoms with E-state index in [1.165, 1.54) is 18.2 Å². The van der Waals surface area contributed by atoms with Gasteiger partial charge in [-0.15, -0.1) is 0 Å². The van der Waals surface area contributed by atoms with Gasteiger partial charge in [0.05, 0.1) is 17.0 Å². The largest absolute Gasteiger partial charge is 0.373 e. The summed E-state index contributed by atoms with van der Waals surface area (Å²) in [7, 11) is 0. The summed E-state index contributed by atoms with van der Waals surface area (Å²) >= 11 is 5.75. The topological polar surface area (TPSA) is 48.2 Å². The monoisotopic (exact) mass is 376 g/mol. The molecular formula is C19H15ClF2N2O2. The highest BCUT2D eigenvalue weighted by Crippen LogP contribution is 2.42. The third-order valence-corrected chi connectivity index (χ3v) is 4.86.